The second kappa shape index (κ2) is 8.19. The Kier molecular flexibility index (Phi) is 5.69. The standard InChI is InChI=1S/C18H21IN6OS/c1-26-12-4-5-13(19)14(10-12)27-18-23-15-16(20)21-11-22-17(15)25(18)9-8-24-6-2-3-7-24/h4-5,10-11H,2-3,6-9H2,1H3,(H2,20,21,22). The van der Waals surface area contributed by atoms with Gasteiger partial charge < -0.3 is 19.9 Å². The summed E-state index contributed by atoms with van der Waals surface area (Å²) in [5.41, 5.74) is 7.52. The topological polar surface area (TPSA) is 82.1 Å². The molecule has 0 atom stereocenters. The van der Waals surface area contributed by atoms with Crippen molar-refractivity contribution >= 4 is 51.3 Å². The van der Waals surface area contributed by atoms with Crippen molar-refractivity contribution < 1.29 is 4.74 Å². The predicted octanol–water partition coefficient (Wildman–Crippen LogP) is 3.27. The summed E-state index contributed by atoms with van der Waals surface area (Å²) in [6.07, 6.45) is 4.07. The quantitative estimate of drug-likeness (QED) is 0.525. The molecular formula is C18H21IN6OS. The van der Waals surface area contributed by atoms with Gasteiger partial charge in [-0.2, -0.15) is 0 Å². The molecule has 0 bridgehead atoms. The first-order chi connectivity index (χ1) is 13.2. The maximum atomic E-state index is 6.06. The van der Waals surface area contributed by atoms with Gasteiger partial charge in [-0.25, -0.2) is 15.0 Å². The fourth-order valence-electron chi connectivity index (χ4n) is 3.25. The highest BCUT2D eigenvalue weighted by molar-refractivity contribution is 14.1. The molecule has 0 unspecified atom stereocenters. The molecule has 0 aliphatic carbocycles. The molecular weight excluding hydrogens is 475 g/mol. The van der Waals surface area contributed by atoms with Crippen LogP contribution in [-0.2, 0) is 6.54 Å². The fourth-order valence-corrected chi connectivity index (χ4v) is 4.88. The van der Waals surface area contributed by atoms with E-state index in [9.17, 15) is 0 Å². The number of halogens is 1. The highest BCUT2D eigenvalue weighted by atomic mass is 127. The molecule has 0 saturated carbocycles. The van der Waals surface area contributed by atoms with Gasteiger partial charge in [-0.3, -0.25) is 0 Å². The van der Waals surface area contributed by atoms with E-state index in [0.717, 1.165) is 38.1 Å². The van der Waals surface area contributed by atoms with Crippen LogP contribution in [0.3, 0.4) is 0 Å². The lowest BCUT2D eigenvalue weighted by Crippen LogP contribution is -2.24. The lowest BCUT2D eigenvalue weighted by Gasteiger charge is -2.16. The zero-order valence-electron chi connectivity index (χ0n) is 15.1. The van der Waals surface area contributed by atoms with Crippen molar-refractivity contribution in [1.29, 1.82) is 0 Å². The van der Waals surface area contributed by atoms with Gasteiger partial charge in [0.05, 0.1) is 7.11 Å². The summed E-state index contributed by atoms with van der Waals surface area (Å²) in [6.45, 7) is 4.15. The van der Waals surface area contributed by atoms with Gasteiger partial charge in [-0.1, -0.05) is 11.8 Å². The van der Waals surface area contributed by atoms with E-state index in [-0.39, 0.29) is 0 Å². The lowest BCUT2D eigenvalue weighted by molar-refractivity contribution is 0.319. The van der Waals surface area contributed by atoms with Crippen LogP contribution in [-0.4, -0.2) is 51.2 Å². The molecule has 0 radical (unpaired) electrons. The normalized spacial score (nSPS) is 14.9. The Morgan fingerprint density at radius 1 is 1.22 bits per heavy atom. The van der Waals surface area contributed by atoms with Crippen molar-refractivity contribution in [1.82, 2.24) is 24.4 Å². The van der Waals surface area contributed by atoms with Gasteiger partial charge in [0.1, 0.15) is 12.1 Å². The van der Waals surface area contributed by atoms with Crippen LogP contribution in [0.15, 0.2) is 34.6 Å². The maximum absolute atomic E-state index is 6.06. The Morgan fingerprint density at radius 3 is 2.81 bits per heavy atom. The van der Waals surface area contributed by atoms with Crippen LogP contribution in [0.5, 0.6) is 5.75 Å². The van der Waals surface area contributed by atoms with Crippen molar-refractivity contribution in [3.63, 3.8) is 0 Å². The molecule has 1 fully saturated rings. The molecule has 3 aromatic rings. The number of aromatic nitrogens is 4. The molecule has 1 saturated heterocycles. The Bertz CT molecular complexity index is 956. The molecule has 1 aliphatic heterocycles. The van der Waals surface area contributed by atoms with E-state index in [1.54, 1.807) is 18.9 Å². The molecule has 4 rings (SSSR count). The van der Waals surface area contributed by atoms with Gasteiger partial charge in [0.2, 0.25) is 0 Å². The Hall–Kier alpha value is -1.59. The number of likely N-dealkylation sites (tertiary alicyclic amines) is 1. The highest BCUT2D eigenvalue weighted by Crippen LogP contribution is 2.35. The summed E-state index contributed by atoms with van der Waals surface area (Å²) >= 11 is 3.94. The lowest BCUT2D eigenvalue weighted by atomic mass is 10.3. The van der Waals surface area contributed by atoms with E-state index in [1.807, 2.05) is 18.2 Å². The average molecular weight is 496 g/mol. The van der Waals surface area contributed by atoms with Crippen molar-refractivity contribution in [2.75, 3.05) is 32.5 Å². The number of imidazole rings is 1. The third-order valence-electron chi connectivity index (χ3n) is 4.70. The van der Waals surface area contributed by atoms with E-state index in [2.05, 4.69) is 42.0 Å². The molecule has 1 aliphatic rings. The second-order valence-electron chi connectivity index (χ2n) is 6.42. The smallest absolute Gasteiger partial charge is 0.175 e. The number of rotatable bonds is 6. The first kappa shape index (κ1) is 18.8. The zero-order chi connectivity index (χ0) is 18.8. The molecule has 1 aromatic carbocycles. The predicted molar refractivity (Wildman–Crippen MR) is 115 cm³/mol. The van der Waals surface area contributed by atoms with E-state index in [0.29, 0.717) is 11.3 Å². The van der Waals surface area contributed by atoms with E-state index < -0.39 is 0 Å². The van der Waals surface area contributed by atoms with Gasteiger partial charge in [-0.05, 0) is 66.7 Å². The Labute approximate surface area is 175 Å². The SMILES string of the molecule is COc1ccc(I)c(Sc2nc3c(N)ncnc3n2CCN2CCCC2)c1. The number of anilines is 1. The summed E-state index contributed by atoms with van der Waals surface area (Å²) < 4.78 is 8.69. The van der Waals surface area contributed by atoms with E-state index in [1.165, 1.54) is 32.3 Å². The van der Waals surface area contributed by atoms with Gasteiger partial charge in [0.25, 0.3) is 0 Å². The van der Waals surface area contributed by atoms with Crippen LogP contribution in [0.1, 0.15) is 12.8 Å². The summed E-state index contributed by atoms with van der Waals surface area (Å²) in [6, 6.07) is 6.05. The van der Waals surface area contributed by atoms with Crippen molar-refractivity contribution in [2.45, 2.75) is 29.4 Å². The summed E-state index contributed by atoms with van der Waals surface area (Å²) in [4.78, 5) is 16.9. The largest absolute Gasteiger partial charge is 0.497 e. The van der Waals surface area contributed by atoms with Crippen LogP contribution in [0.25, 0.3) is 11.2 Å². The van der Waals surface area contributed by atoms with Crippen LogP contribution in [0.2, 0.25) is 0 Å². The fraction of sp³-hybridized carbons (Fsp3) is 0.389. The molecule has 9 heteroatoms. The number of hydrogen-bond donors (Lipinski definition) is 1. The number of nitrogens with two attached hydrogens (primary N) is 1. The number of hydrogen-bond acceptors (Lipinski definition) is 7. The van der Waals surface area contributed by atoms with Gasteiger partial charge in [-0.15, -0.1) is 0 Å². The third kappa shape index (κ3) is 3.99. The molecule has 27 heavy (non-hydrogen) atoms. The van der Waals surface area contributed by atoms with Crippen molar-refractivity contribution in [3.8, 4) is 5.75 Å². The van der Waals surface area contributed by atoms with E-state index in [4.69, 9.17) is 15.5 Å². The zero-order valence-corrected chi connectivity index (χ0v) is 18.0. The highest BCUT2D eigenvalue weighted by Gasteiger charge is 2.19. The van der Waals surface area contributed by atoms with Crippen LogP contribution in [0, 0.1) is 3.57 Å². The van der Waals surface area contributed by atoms with Gasteiger partial charge in [0, 0.05) is 21.6 Å². The van der Waals surface area contributed by atoms with Crippen LogP contribution < -0.4 is 10.5 Å². The number of ether oxygens (including phenoxy) is 1. The molecule has 7 nitrogen and oxygen atoms in total. The van der Waals surface area contributed by atoms with Crippen LogP contribution >= 0.6 is 34.4 Å². The Balaban J connectivity index is 1.70. The van der Waals surface area contributed by atoms with Gasteiger partial charge in [0.15, 0.2) is 22.1 Å². The molecule has 2 aromatic heterocycles. The Morgan fingerprint density at radius 2 is 2.04 bits per heavy atom. The number of methoxy groups -OCH3 is 1. The van der Waals surface area contributed by atoms with Crippen molar-refractivity contribution in [2.24, 2.45) is 0 Å². The van der Waals surface area contributed by atoms with Crippen LogP contribution in [0.4, 0.5) is 5.82 Å². The second-order valence-corrected chi connectivity index (χ2v) is 8.60. The average Bonchev–Trinajstić information content (AvgIpc) is 3.30. The monoisotopic (exact) mass is 496 g/mol. The first-order valence-electron chi connectivity index (χ1n) is 8.86. The van der Waals surface area contributed by atoms with Gasteiger partial charge >= 0.3 is 0 Å². The minimum Gasteiger partial charge on any atom is -0.497 e. The number of fused-ring (bicyclic) bond motifs is 1. The molecule has 142 valence electrons. The summed E-state index contributed by atoms with van der Waals surface area (Å²) in [7, 11) is 1.68. The molecule has 0 amide bonds. The minimum atomic E-state index is 0.419. The molecule has 2 N–H and O–H groups in total. The number of nitrogens with zero attached hydrogens (tertiary/aromatic N) is 5. The number of nitrogen functional groups attached to an aromatic ring is 1. The summed E-state index contributed by atoms with van der Waals surface area (Å²) in [5, 5.41) is 0.877. The first-order valence-corrected chi connectivity index (χ1v) is 10.8. The van der Waals surface area contributed by atoms with E-state index >= 15 is 0 Å². The molecule has 0 spiro atoms. The molecule has 3 heterocycles. The number of benzene rings is 1. The van der Waals surface area contributed by atoms with Crippen molar-refractivity contribution in [3.05, 3.63) is 28.1 Å². The maximum Gasteiger partial charge on any atom is 0.175 e. The summed E-state index contributed by atoms with van der Waals surface area (Å²) in [5.74, 6) is 1.25. The minimum absolute atomic E-state index is 0.419. The third-order valence-corrected chi connectivity index (χ3v) is 7.06.